The monoisotopic (exact) mass is 234 g/mol. The van der Waals surface area contributed by atoms with Crippen molar-refractivity contribution < 1.29 is 19.4 Å². The van der Waals surface area contributed by atoms with Gasteiger partial charge in [-0.2, -0.15) is 0 Å². The molecule has 1 N–H and O–H groups in total. The van der Waals surface area contributed by atoms with Crippen LogP contribution in [0.15, 0.2) is 30.3 Å². The molecule has 4 heteroatoms. The van der Waals surface area contributed by atoms with Crippen LogP contribution in [0.1, 0.15) is 12.0 Å². The van der Waals surface area contributed by atoms with Crippen molar-refractivity contribution in [2.24, 2.45) is 0 Å². The molecule has 0 saturated carbocycles. The molecule has 1 aromatic carbocycles. The molecule has 0 aromatic heterocycles. The maximum Gasteiger partial charge on any atom is 0.328 e. The quantitative estimate of drug-likeness (QED) is 0.809. The third-order valence-corrected chi connectivity index (χ3v) is 2.47. The molecule has 1 aliphatic heterocycles. The van der Waals surface area contributed by atoms with Crippen molar-refractivity contribution in [2.75, 3.05) is 13.2 Å². The van der Waals surface area contributed by atoms with Gasteiger partial charge in [0.15, 0.2) is 0 Å². The Morgan fingerprint density at radius 2 is 2.41 bits per heavy atom. The summed E-state index contributed by atoms with van der Waals surface area (Å²) in [5.41, 5.74) is 0.809. The van der Waals surface area contributed by atoms with Crippen molar-refractivity contribution in [3.63, 3.8) is 0 Å². The van der Waals surface area contributed by atoms with Gasteiger partial charge in [-0.05, 0) is 23.8 Å². The average Bonchev–Trinajstić information content (AvgIpc) is 2.80. The highest BCUT2D eigenvalue weighted by atomic mass is 16.5. The third kappa shape index (κ3) is 3.60. The fourth-order valence-electron chi connectivity index (χ4n) is 1.66. The van der Waals surface area contributed by atoms with Crippen LogP contribution in [-0.2, 0) is 9.53 Å². The summed E-state index contributed by atoms with van der Waals surface area (Å²) < 4.78 is 10.9. The molecule has 0 aliphatic carbocycles. The normalized spacial score (nSPS) is 19.6. The van der Waals surface area contributed by atoms with E-state index in [1.54, 1.807) is 6.08 Å². The standard InChI is InChI=1S/C13H14O4/c14-13(15)5-4-10-2-1-3-11(8-10)17-12-6-7-16-9-12/h1-5,8,12H,6-7,9H2,(H,14,15)/b5-4+/t12-/m1/s1. The van der Waals surface area contributed by atoms with Gasteiger partial charge in [0.25, 0.3) is 0 Å². The highest BCUT2D eigenvalue weighted by Gasteiger charge is 2.16. The molecular weight excluding hydrogens is 220 g/mol. The maximum atomic E-state index is 10.4. The summed E-state index contributed by atoms with van der Waals surface area (Å²) in [7, 11) is 0. The van der Waals surface area contributed by atoms with Crippen molar-refractivity contribution >= 4 is 12.0 Å². The second-order valence-corrected chi connectivity index (χ2v) is 3.85. The summed E-state index contributed by atoms with van der Waals surface area (Å²) in [5.74, 6) is -0.214. The van der Waals surface area contributed by atoms with Crippen molar-refractivity contribution in [1.82, 2.24) is 0 Å². The molecule has 0 amide bonds. The van der Waals surface area contributed by atoms with Crippen LogP contribution in [0.3, 0.4) is 0 Å². The Kier molecular flexibility index (Phi) is 3.77. The molecular formula is C13H14O4. The molecule has 2 rings (SSSR count). The number of benzene rings is 1. The van der Waals surface area contributed by atoms with Crippen LogP contribution in [0, 0.1) is 0 Å². The SMILES string of the molecule is O=C(O)/C=C/c1cccc(O[C@@H]2CCOC2)c1. The topological polar surface area (TPSA) is 55.8 Å². The molecule has 0 unspecified atom stereocenters. The molecule has 4 nitrogen and oxygen atoms in total. The van der Waals surface area contributed by atoms with Crippen LogP contribution in [0.4, 0.5) is 0 Å². The Bertz CT molecular complexity index is 419. The van der Waals surface area contributed by atoms with E-state index >= 15 is 0 Å². The number of hydrogen-bond donors (Lipinski definition) is 1. The summed E-state index contributed by atoms with van der Waals surface area (Å²) in [5, 5.41) is 8.54. The van der Waals surface area contributed by atoms with E-state index in [1.165, 1.54) is 0 Å². The lowest BCUT2D eigenvalue weighted by atomic mass is 10.2. The van der Waals surface area contributed by atoms with E-state index in [-0.39, 0.29) is 6.10 Å². The molecule has 17 heavy (non-hydrogen) atoms. The van der Waals surface area contributed by atoms with Gasteiger partial charge in [0.05, 0.1) is 13.2 Å². The van der Waals surface area contributed by atoms with Gasteiger partial charge < -0.3 is 14.6 Å². The Labute approximate surface area is 99.5 Å². The Hall–Kier alpha value is -1.81. The first kappa shape index (κ1) is 11.7. The minimum Gasteiger partial charge on any atom is -0.488 e. The lowest BCUT2D eigenvalue weighted by molar-refractivity contribution is -0.131. The van der Waals surface area contributed by atoms with E-state index in [2.05, 4.69) is 0 Å². The summed E-state index contributed by atoms with van der Waals surface area (Å²) >= 11 is 0. The second kappa shape index (κ2) is 5.50. The fraction of sp³-hybridized carbons (Fsp3) is 0.308. The highest BCUT2D eigenvalue weighted by Crippen LogP contribution is 2.19. The Morgan fingerprint density at radius 3 is 3.12 bits per heavy atom. The van der Waals surface area contributed by atoms with E-state index in [0.717, 1.165) is 30.4 Å². The number of ether oxygens (including phenoxy) is 2. The number of aliphatic carboxylic acids is 1. The minimum atomic E-state index is -0.958. The van der Waals surface area contributed by atoms with Gasteiger partial charge in [0.2, 0.25) is 0 Å². The second-order valence-electron chi connectivity index (χ2n) is 3.85. The van der Waals surface area contributed by atoms with Gasteiger partial charge in [-0.3, -0.25) is 0 Å². The Balaban J connectivity index is 2.02. The number of hydrogen-bond acceptors (Lipinski definition) is 3. The summed E-state index contributed by atoms with van der Waals surface area (Å²) in [6.07, 6.45) is 3.65. The van der Waals surface area contributed by atoms with Gasteiger partial charge in [-0.25, -0.2) is 4.79 Å². The van der Waals surface area contributed by atoms with Crippen LogP contribution in [0.25, 0.3) is 6.08 Å². The number of carboxylic acids is 1. The average molecular weight is 234 g/mol. The number of carboxylic acid groups (broad SMARTS) is 1. The number of carbonyl (C=O) groups is 1. The van der Waals surface area contributed by atoms with Crippen LogP contribution < -0.4 is 4.74 Å². The van der Waals surface area contributed by atoms with Crippen LogP contribution in [-0.4, -0.2) is 30.4 Å². The predicted molar refractivity (Wildman–Crippen MR) is 63.0 cm³/mol. The molecule has 0 bridgehead atoms. The van der Waals surface area contributed by atoms with E-state index in [9.17, 15) is 4.79 Å². The largest absolute Gasteiger partial charge is 0.488 e. The highest BCUT2D eigenvalue weighted by molar-refractivity contribution is 5.85. The first-order valence-corrected chi connectivity index (χ1v) is 5.49. The molecule has 1 fully saturated rings. The summed E-state index contributed by atoms with van der Waals surface area (Å²) in [4.78, 5) is 10.4. The van der Waals surface area contributed by atoms with E-state index in [1.807, 2.05) is 24.3 Å². The summed E-state index contributed by atoms with van der Waals surface area (Å²) in [6.45, 7) is 1.36. The molecule has 1 aliphatic rings. The smallest absolute Gasteiger partial charge is 0.328 e. The first-order valence-electron chi connectivity index (χ1n) is 5.49. The molecule has 1 heterocycles. The van der Waals surface area contributed by atoms with Crippen molar-refractivity contribution in [3.8, 4) is 5.75 Å². The molecule has 1 atom stereocenters. The van der Waals surface area contributed by atoms with Crippen LogP contribution in [0.2, 0.25) is 0 Å². The van der Waals surface area contributed by atoms with Crippen molar-refractivity contribution in [2.45, 2.75) is 12.5 Å². The lowest BCUT2D eigenvalue weighted by Crippen LogP contribution is -2.15. The first-order chi connectivity index (χ1) is 8.24. The van der Waals surface area contributed by atoms with Gasteiger partial charge in [0, 0.05) is 12.5 Å². The zero-order chi connectivity index (χ0) is 12.1. The van der Waals surface area contributed by atoms with Gasteiger partial charge in [-0.1, -0.05) is 12.1 Å². The predicted octanol–water partition coefficient (Wildman–Crippen LogP) is 1.95. The minimum absolute atomic E-state index is 0.105. The Morgan fingerprint density at radius 1 is 1.53 bits per heavy atom. The van der Waals surface area contributed by atoms with E-state index in [0.29, 0.717) is 6.61 Å². The van der Waals surface area contributed by atoms with Gasteiger partial charge >= 0.3 is 5.97 Å². The van der Waals surface area contributed by atoms with E-state index < -0.39 is 5.97 Å². The van der Waals surface area contributed by atoms with E-state index in [4.69, 9.17) is 14.6 Å². The maximum absolute atomic E-state index is 10.4. The van der Waals surface area contributed by atoms with Crippen molar-refractivity contribution in [3.05, 3.63) is 35.9 Å². The fourth-order valence-corrected chi connectivity index (χ4v) is 1.66. The molecule has 1 saturated heterocycles. The lowest BCUT2D eigenvalue weighted by Gasteiger charge is -2.11. The van der Waals surface area contributed by atoms with Gasteiger partial charge in [0.1, 0.15) is 11.9 Å². The molecule has 0 spiro atoms. The van der Waals surface area contributed by atoms with Gasteiger partial charge in [-0.15, -0.1) is 0 Å². The molecule has 1 aromatic rings. The van der Waals surface area contributed by atoms with Crippen LogP contribution in [0.5, 0.6) is 5.75 Å². The zero-order valence-electron chi connectivity index (χ0n) is 9.33. The molecule has 90 valence electrons. The van der Waals surface area contributed by atoms with Crippen LogP contribution >= 0.6 is 0 Å². The molecule has 0 radical (unpaired) electrons. The van der Waals surface area contributed by atoms with Crippen molar-refractivity contribution in [1.29, 1.82) is 0 Å². The summed E-state index contributed by atoms with van der Waals surface area (Å²) in [6, 6.07) is 7.35. The zero-order valence-corrected chi connectivity index (χ0v) is 9.33. The third-order valence-electron chi connectivity index (χ3n) is 2.47. The number of rotatable bonds is 4.